The number of aromatic nitrogens is 1. The van der Waals surface area contributed by atoms with Gasteiger partial charge in [-0.05, 0) is 50.9 Å². The molecule has 0 amide bonds. The Balaban J connectivity index is 1.48. The lowest BCUT2D eigenvalue weighted by molar-refractivity contribution is 0.205. The second-order valence-corrected chi connectivity index (χ2v) is 5.75. The van der Waals surface area contributed by atoms with E-state index in [-0.39, 0.29) is 0 Å². The SMILES string of the molecule is CCc1noc2cc(OCCCN3CCCCC3)ccc12. The quantitative estimate of drug-likeness (QED) is 0.761. The van der Waals surface area contributed by atoms with Crippen LogP contribution in [0.3, 0.4) is 0 Å². The Labute approximate surface area is 126 Å². The molecule has 0 N–H and O–H groups in total. The van der Waals surface area contributed by atoms with Crippen molar-refractivity contribution in [1.82, 2.24) is 10.1 Å². The van der Waals surface area contributed by atoms with Crippen molar-refractivity contribution >= 4 is 11.0 Å². The van der Waals surface area contributed by atoms with Gasteiger partial charge in [-0.2, -0.15) is 0 Å². The smallest absolute Gasteiger partial charge is 0.170 e. The minimum atomic E-state index is 0.761. The number of rotatable bonds is 6. The Kier molecular flexibility index (Phi) is 4.76. The van der Waals surface area contributed by atoms with Gasteiger partial charge < -0.3 is 14.2 Å². The average Bonchev–Trinajstić information content (AvgIpc) is 2.95. The van der Waals surface area contributed by atoms with Crippen molar-refractivity contribution in [2.45, 2.75) is 39.0 Å². The predicted molar refractivity (Wildman–Crippen MR) is 83.8 cm³/mol. The molecule has 1 aromatic heterocycles. The summed E-state index contributed by atoms with van der Waals surface area (Å²) in [5.74, 6) is 0.875. The molecule has 0 bridgehead atoms. The fourth-order valence-corrected chi connectivity index (χ4v) is 2.98. The second-order valence-electron chi connectivity index (χ2n) is 5.75. The third kappa shape index (κ3) is 3.56. The van der Waals surface area contributed by atoms with Crippen LogP contribution in [0.4, 0.5) is 0 Å². The van der Waals surface area contributed by atoms with Crippen LogP contribution < -0.4 is 4.74 Å². The number of aryl methyl sites for hydroxylation is 1. The van der Waals surface area contributed by atoms with Gasteiger partial charge in [-0.15, -0.1) is 0 Å². The van der Waals surface area contributed by atoms with Crippen LogP contribution >= 0.6 is 0 Å². The highest BCUT2D eigenvalue weighted by molar-refractivity contribution is 5.80. The van der Waals surface area contributed by atoms with Gasteiger partial charge in [0, 0.05) is 18.0 Å². The first-order chi connectivity index (χ1) is 10.4. The van der Waals surface area contributed by atoms with Crippen molar-refractivity contribution in [2.24, 2.45) is 0 Å². The molecule has 0 aliphatic carbocycles. The number of ether oxygens (including phenoxy) is 1. The molecule has 0 saturated carbocycles. The molecule has 21 heavy (non-hydrogen) atoms. The van der Waals surface area contributed by atoms with Crippen LogP contribution in [-0.2, 0) is 6.42 Å². The summed E-state index contributed by atoms with van der Waals surface area (Å²) in [6.07, 6.45) is 6.06. The van der Waals surface area contributed by atoms with Crippen molar-refractivity contribution in [3.05, 3.63) is 23.9 Å². The Bertz CT molecular complexity index is 573. The monoisotopic (exact) mass is 288 g/mol. The number of fused-ring (bicyclic) bond motifs is 1. The van der Waals surface area contributed by atoms with E-state index in [1.54, 1.807) is 0 Å². The number of hydrogen-bond acceptors (Lipinski definition) is 4. The van der Waals surface area contributed by atoms with Gasteiger partial charge in [-0.1, -0.05) is 18.5 Å². The first-order valence-corrected chi connectivity index (χ1v) is 8.10. The molecule has 0 unspecified atom stereocenters. The fourth-order valence-electron chi connectivity index (χ4n) is 2.98. The lowest BCUT2D eigenvalue weighted by Gasteiger charge is -2.26. The van der Waals surface area contributed by atoms with Crippen molar-refractivity contribution in [1.29, 1.82) is 0 Å². The minimum Gasteiger partial charge on any atom is -0.493 e. The van der Waals surface area contributed by atoms with Crippen molar-refractivity contribution in [2.75, 3.05) is 26.2 Å². The van der Waals surface area contributed by atoms with Crippen LogP contribution in [0.5, 0.6) is 5.75 Å². The van der Waals surface area contributed by atoms with E-state index in [0.717, 1.165) is 48.4 Å². The molecule has 1 aromatic carbocycles. The van der Waals surface area contributed by atoms with Crippen LogP contribution in [0.15, 0.2) is 22.7 Å². The van der Waals surface area contributed by atoms with E-state index in [0.29, 0.717) is 0 Å². The molecule has 1 aliphatic rings. The van der Waals surface area contributed by atoms with Crippen LogP contribution in [0.2, 0.25) is 0 Å². The molecule has 114 valence electrons. The normalized spacial score (nSPS) is 16.4. The van der Waals surface area contributed by atoms with Crippen LogP contribution in [0, 0.1) is 0 Å². The maximum atomic E-state index is 5.83. The molecule has 1 fully saturated rings. The summed E-state index contributed by atoms with van der Waals surface area (Å²) >= 11 is 0. The van der Waals surface area contributed by atoms with Crippen LogP contribution in [0.1, 0.15) is 38.3 Å². The molecule has 0 spiro atoms. The highest BCUT2D eigenvalue weighted by Gasteiger charge is 2.10. The largest absolute Gasteiger partial charge is 0.493 e. The van der Waals surface area contributed by atoms with Crippen LogP contribution in [0.25, 0.3) is 11.0 Å². The molecule has 2 aromatic rings. The lowest BCUT2D eigenvalue weighted by atomic mass is 10.1. The van der Waals surface area contributed by atoms with E-state index in [9.17, 15) is 0 Å². The summed E-state index contributed by atoms with van der Waals surface area (Å²) in [6.45, 7) is 6.50. The summed E-state index contributed by atoms with van der Waals surface area (Å²) in [7, 11) is 0. The fraction of sp³-hybridized carbons (Fsp3) is 0.588. The molecule has 4 heteroatoms. The van der Waals surface area contributed by atoms with Gasteiger partial charge in [0.15, 0.2) is 5.58 Å². The standard InChI is InChI=1S/C17H24N2O2/c1-2-16-15-8-7-14(13-17(15)21-18-16)20-12-6-11-19-9-4-3-5-10-19/h7-8,13H,2-6,9-12H2,1H3. The first-order valence-electron chi connectivity index (χ1n) is 8.10. The van der Waals surface area contributed by atoms with Gasteiger partial charge in [-0.25, -0.2) is 0 Å². The predicted octanol–water partition coefficient (Wildman–Crippen LogP) is 3.65. The molecule has 0 radical (unpaired) electrons. The molecule has 1 saturated heterocycles. The van der Waals surface area contributed by atoms with Gasteiger partial charge in [0.05, 0.1) is 12.3 Å². The number of likely N-dealkylation sites (tertiary alicyclic amines) is 1. The summed E-state index contributed by atoms with van der Waals surface area (Å²) in [5.41, 5.74) is 1.84. The van der Waals surface area contributed by atoms with Crippen molar-refractivity contribution < 1.29 is 9.26 Å². The highest BCUT2D eigenvalue weighted by Crippen LogP contribution is 2.24. The van der Waals surface area contributed by atoms with E-state index in [1.165, 1.54) is 32.4 Å². The third-order valence-electron chi connectivity index (χ3n) is 4.19. The van der Waals surface area contributed by atoms with Gasteiger partial charge in [0.1, 0.15) is 5.75 Å². The summed E-state index contributed by atoms with van der Waals surface area (Å²) < 4.78 is 11.2. The van der Waals surface area contributed by atoms with E-state index in [2.05, 4.69) is 17.0 Å². The number of hydrogen-bond donors (Lipinski definition) is 0. The van der Waals surface area contributed by atoms with E-state index in [1.807, 2.05) is 18.2 Å². The van der Waals surface area contributed by atoms with Crippen molar-refractivity contribution in [3.63, 3.8) is 0 Å². The number of benzene rings is 1. The maximum absolute atomic E-state index is 5.83. The molecule has 4 nitrogen and oxygen atoms in total. The van der Waals surface area contributed by atoms with Gasteiger partial charge in [0.2, 0.25) is 0 Å². The average molecular weight is 288 g/mol. The zero-order valence-corrected chi connectivity index (χ0v) is 12.8. The second kappa shape index (κ2) is 6.94. The Morgan fingerprint density at radius 3 is 2.90 bits per heavy atom. The zero-order valence-electron chi connectivity index (χ0n) is 12.8. The first kappa shape index (κ1) is 14.4. The molecule has 1 aliphatic heterocycles. The molecule has 0 atom stereocenters. The topological polar surface area (TPSA) is 38.5 Å². The Morgan fingerprint density at radius 2 is 2.10 bits per heavy atom. The van der Waals surface area contributed by atoms with Gasteiger partial charge >= 0.3 is 0 Å². The number of piperidine rings is 1. The zero-order chi connectivity index (χ0) is 14.5. The summed E-state index contributed by atoms with van der Waals surface area (Å²) in [4.78, 5) is 2.54. The summed E-state index contributed by atoms with van der Waals surface area (Å²) in [5, 5.41) is 5.17. The van der Waals surface area contributed by atoms with Crippen molar-refractivity contribution in [3.8, 4) is 5.75 Å². The molecular weight excluding hydrogens is 264 g/mol. The minimum absolute atomic E-state index is 0.761. The molecule has 3 rings (SSSR count). The lowest BCUT2D eigenvalue weighted by Crippen LogP contribution is -2.31. The third-order valence-corrected chi connectivity index (χ3v) is 4.19. The van der Waals surface area contributed by atoms with E-state index >= 15 is 0 Å². The van der Waals surface area contributed by atoms with Crippen LogP contribution in [-0.4, -0.2) is 36.3 Å². The van der Waals surface area contributed by atoms with E-state index < -0.39 is 0 Å². The summed E-state index contributed by atoms with van der Waals surface area (Å²) in [6, 6.07) is 6.01. The maximum Gasteiger partial charge on any atom is 0.170 e. The molecular formula is C17H24N2O2. The highest BCUT2D eigenvalue weighted by atomic mass is 16.5. The van der Waals surface area contributed by atoms with Gasteiger partial charge in [0.25, 0.3) is 0 Å². The van der Waals surface area contributed by atoms with Gasteiger partial charge in [-0.3, -0.25) is 0 Å². The Hall–Kier alpha value is -1.55. The Morgan fingerprint density at radius 1 is 1.24 bits per heavy atom. The van der Waals surface area contributed by atoms with E-state index in [4.69, 9.17) is 9.26 Å². The number of nitrogens with zero attached hydrogens (tertiary/aromatic N) is 2. The molecule has 2 heterocycles.